The number of aryl methyl sites for hydroxylation is 2. The molecule has 5 nitrogen and oxygen atoms in total. The van der Waals surface area contributed by atoms with E-state index in [4.69, 9.17) is 4.74 Å². The Hall–Kier alpha value is -2.34. The minimum Gasteiger partial charge on any atom is -0.484 e. The van der Waals surface area contributed by atoms with E-state index >= 15 is 0 Å². The second-order valence-corrected chi connectivity index (χ2v) is 6.58. The van der Waals surface area contributed by atoms with Gasteiger partial charge in [-0.3, -0.25) is 9.59 Å². The highest BCUT2D eigenvalue weighted by Crippen LogP contribution is 2.27. The number of anilines is 2. The van der Waals surface area contributed by atoms with Crippen molar-refractivity contribution in [3.8, 4) is 5.75 Å². The molecule has 0 saturated heterocycles. The standard InChI is InChI=1S/C18H17BrN2O3/c1-11-8-13(19)3-5-15(11)20-18(23)10-24-14-4-6-16-12(9-14)2-7-17(22)21-16/h3-6,8-9H,2,7,10H2,1H3,(H,20,23)(H,21,22). The van der Waals surface area contributed by atoms with Crippen LogP contribution in [0, 0.1) is 6.92 Å². The van der Waals surface area contributed by atoms with Crippen molar-refractivity contribution >= 4 is 39.1 Å². The van der Waals surface area contributed by atoms with Crippen molar-refractivity contribution in [3.05, 3.63) is 52.0 Å². The average molecular weight is 389 g/mol. The molecule has 0 aliphatic carbocycles. The lowest BCUT2D eigenvalue weighted by Crippen LogP contribution is -2.21. The first kappa shape index (κ1) is 16.5. The number of benzene rings is 2. The van der Waals surface area contributed by atoms with Crippen LogP contribution in [0.15, 0.2) is 40.9 Å². The van der Waals surface area contributed by atoms with E-state index in [9.17, 15) is 9.59 Å². The molecule has 6 heteroatoms. The zero-order valence-electron chi connectivity index (χ0n) is 13.2. The van der Waals surface area contributed by atoms with Gasteiger partial charge in [-0.1, -0.05) is 15.9 Å². The van der Waals surface area contributed by atoms with Crippen LogP contribution in [0.2, 0.25) is 0 Å². The molecule has 24 heavy (non-hydrogen) atoms. The fraction of sp³-hybridized carbons (Fsp3) is 0.222. The summed E-state index contributed by atoms with van der Waals surface area (Å²) in [5.74, 6) is 0.430. The van der Waals surface area contributed by atoms with Gasteiger partial charge in [0.05, 0.1) is 0 Å². The molecule has 0 saturated carbocycles. The smallest absolute Gasteiger partial charge is 0.262 e. The SMILES string of the molecule is Cc1cc(Br)ccc1NC(=O)COc1ccc2c(c1)CCC(=O)N2. The molecule has 0 spiro atoms. The zero-order valence-corrected chi connectivity index (χ0v) is 14.8. The third-order valence-electron chi connectivity index (χ3n) is 3.80. The normalized spacial score (nSPS) is 13.0. The highest BCUT2D eigenvalue weighted by atomic mass is 79.9. The number of hydrogen-bond donors (Lipinski definition) is 2. The number of halogens is 1. The van der Waals surface area contributed by atoms with Gasteiger partial charge in [0.2, 0.25) is 5.91 Å². The van der Waals surface area contributed by atoms with Gasteiger partial charge in [0.1, 0.15) is 5.75 Å². The van der Waals surface area contributed by atoms with Gasteiger partial charge in [-0.2, -0.15) is 0 Å². The minimum absolute atomic E-state index is 0.0282. The van der Waals surface area contributed by atoms with Crippen molar-refractivity contribution in [2.75, 3.05) is 17.2 Å². The Morgan fingerprint density at radius 3 is 2.88 bits per heavy atom. The molecule has 1 aliphatic rings. The average Bonchev–Trinajstić information content (AvgIpc) is 2.55. The first-order valence-corrected chi connectivity index (χ1v) is 8.42. The number of carbonyl (C=O) groups excluding carboxylic acids is 2. The molecule has 2 aromatic carbocycles. The number of nitrogens with one attached hydrogen (secondary N) is 2. The van der Waals surface area contributed by atoms with Crippen LogP contribution in [-0.4, -0.2) is 18.4 Å². The molecular weight excluding hydrogens is 372 g/mol. The maximum Gasteiger partial charge on any atom is 0.262 e. The summed E-state index contributed by atoms with van der Waals surface area (Å²) in [4.78, 5) is 23.4. The van der Waals surface area contributed by atoms with Crippen molar-refractivity contribution in [1.29, 1.82) is 0 Å². The van der Waals surface area contributed by atoms with Crippen molar-refractivity contribution in [1.82, 2.24) is 0 Å². The summed E-state index contributed by atoms with van der Waals surface area (Å²) < 4.78 is 6.53. The number of hydrogen-bond acceptors (Lipinski definition) is 3. The lowest BCUT2D eigenvalue weighted by molar-refractivity contribution is -0.118. The lowest BCUT2D eigenvalue weighted by Gasteiger charge is -2.17. The number of fused-ring (bicyclic) bond motifs is 1. The van der Waals surface area contributed by atoms with Crippen LogP contribution >= 0.6 is 15.9 Å². The summed E-state index contributed by atoms with van der Waals surface area (Å²) in [5.41, 5.74) is 3.58. The van der Waals surface area contributed by atoms with E-state index in [1.54, 1.807) is 12.1 Å². The van der Waals surface area contributed by atoms with Crippen LogP contribution < -0.4 is 15.4 Å². The lowest BCUT2D eigenvalue weighted by atomic mass is 10.0. The maximum absolute atomic E-state index is 12.0. The predicted molar refractivity (Wildman–Crippen MR) is 96.4 cm³/mol. The fourth-order valence-corrected chi connectivity index (χ4v) is 3.03. The molecular formula is C18H17BrN2O3. The number of carbonyl (C=O) groups is 2. The van der Waals surface area contributed by atoms with Crippen LogP contribution in [0.5, 0.6) is 5.75 Å². The summed E-state index contributed by atoms with van der Waals surface area (Å²) in [6.07, 6.45) is 1.16. The summed E-state index contributed by atoms with van der Waals surface area (Å²) >= 11 is 3.39. The van der Waals surface area contributed by atoms with E-state index in [0.717, 1.165) is 27.0 Å². The topological polar surface area (TPSA) is 67.4 Å². The number of amides is 2. The summed E-state index contributed by atoms with van der Waals surface area (Å²) in [6.45, 7) is 1.86. The molecule has 1 heterocycles. The number of ether oxygens (including phenoxy) is 1. The molecule has 3 rings (SSSR count). The van der Waals surface area contributed by atoms with Crippen LogP contribution in [0.3, 0.4) is 0 Å². The second-order valence-electron chi connectivity index (χ2n) is 5.66. The van der Waals surface area contributed by atoms with E-state index in [1.165, 1.54) is 0 Å². The third kappa shape index (κ3) is 3.94. The van der Waals surface area contributed by atoms with Gasteiger partial charge in [-0.25, -0.2) is 0 Å². The highest BCUT2D eigenvalue weighted by molar-refractivity contribution is 9.10. The quantitative estimate of drug-likeness (QED) is 0.839. The van der Waals surface area contributed by atoms with Gasteiger partial charge in [-0.05, 0) is 60.9 Å². The minimum atomic E-state index is -0.216. The molecule has 2 amide bonds. The first-order chi connectivity index (χ1) is 11.5. The van der Waals surface area contributed by atoms with E-state index < -0.39 is 0 Å². The Balaban J connectivity index is 1.59. The third-order valence-corrected chi connectivity index (χ3v) is 4.30. The highest BCUT2D eigenvalue weighted by Gasteiger charge is 2.15. The molecule has 0 radical (unpaired) electrons. The summed E-state index contributed by atoms with van der Waals surface area (Å²) in [5, 5.41) is 5.65. The van der Waals surface area contributed by atoms with E-state index in [-0.39, 0.29) is 18.4 Å². The molecule has 1 aliphatic heterocycles. The summed E-state index contributed by atoms with van der Waals surface area (Å²) in [7, 11) is 0. The second kappa shape index (κ2) is 7.05. The Morgan fingerprint density at radius 2 is 2.08 bits per heavy atom. The Morgan fingerprint density at radius 1 is 1.25 bits per heavy atom. The molecule has 0 bridgehead atoms. The number of rotatable bonds is 4. The van der Waals surface area contributed by atoms with Gasteiger partial charge in [0.25, 0.3) is 5.91 Å². The molecule has 0 unspecified atom stereocenters. The van der Waals surface area contributed by atoms with Crippen LogP contribution in [0.4, 0.5) is 11.4 Å². The molecule has 0 atom stereocenters. The molecule has 2 N–H and O–H groups in total. The Kier molecular flexibility index (Phi) is 4.85. The predicted octanol–water partition coefficient (Wildman–Crippen LogP) is 3.66. The molecule has 0 fully saturated rings. The van der Waals surface area contributed by atoms with Gasteiger partial charge >= 0.3 is 0 Å². The fourth-order valence-electron chi connectivity index (χ4n) is 2.55. The van der Waals surface area contributed by atoms with Gasteiger partial charge in [0.15, 0.2) is 6.61 Å². The van der Waals surface area contributed by atoms with Gasteiger partial charge in [0, 0.05) is 22.3 Å². The Labute approximate surface area is 148 Å². The molecule has 0 aromatic heterocycles. The maximum atomic E-state index is 12.0. The van der Waals surface area contributed by atoms with Crippen molar-refractivity contribution < 1.29 is 14.3 Å². The molecule has 124 valence electrons. The van der Waals surface area contributed by atoms with Crippen molar-refractivity contribution in [3.63, 3.8) is 0 Å². The Bertz CT molecular complexity index is 805. The largest absolute Gasteiger partial charge is 0.484 e. The zero-order chi connectivity index (χ0) is 17.1. The van der Waals surface area contributed by atoms with Crippen LogP contribution in [-0.2, 0) is 16.0 Å². The van der Waals surface area contributed by atoms with Crippen LogP contribution in [0.1, 0.15) is 17.5 Å². The van der Waals surface area contributed by atoms with Crippen molar-refractivity contribution in [2.45, 2.75) is 19.8 Å². The summed E-state index contributed by atoms with van der Waals surface area (Å²) in [6, 6.07) is 11.1. The van der Waals surface area contributed by atoms with E-state index in [1.807, 2.05) is 31.2 Å². The van der Waals surface area contributed by atoms with Gasteiger partial charge < -0.3 is 15.4 Å². The molecule has 2 aromatic rings. The van der Waals surface area contributed by atoms with Crippen LogP contribution in [0.25, 0.3) is 0 Å². The monoisotopic (exact) mass is 388 g/mol. The van der Waals surface area contributed by atoms with Crippen molar-refractivity contribution in [2.24, 2.45) is 0 Å². The van der Waals surface area contributed by atoms with E-state index in [0.29, 0.717) is 18.6 Å². The van der Waals surface area contributed by atoms with E-state index in [2.05, 4.69) is 26.6 Å². The first-order valence-electron chi connectivity index (χ1n) is 7.63. The van der Waals surface area contributed by atoms with Gasteiger partial charge in [-0.15, -0.1) is 0 Å².